The van der Waals surface area contributed by atoms with Crippen molar-refractivity contribution in [2.24, 2.45) is 0 Å². The third-order valence-corrected chi connectivity index (χ3v) is 5.19. The Bertz CT molecular complexity index is 499. The highest BCUT2D eigenvalue weighted by Gasteiger charge is 2.12. The van der Waals surface area contributed by atoms with Gasteiger partial charge in [0, 0.05) is 11.6 Å². The molecule has 0 aliphatic heterocycles. The van der Waals surface area contributed by atoms with Crippen LogP contribution in [0.3, 0.4) is 0 Å². The SMILES string of the molecule is CCN(CC)CCCCCNS(=O)(=O)c1ccc(Cl)cc1. The number of nitrogens with one attached hydrogen (secondary N) is 1. The number of rotatable bonds is 10. The molecule has 0 amide bonds. The van der Waals surface area contributed by atoms with Crippen LogP contribution in [0.1, 0.15) is 33.1 Å². The van der Waals surface area contributed by atoms with Gasteiger partial charge in [-0.3, -0.25) is 0 Å². The van der Waals surface area contributed by atoms with Crippen LogP contribution in [-0.2, 0) is 10.0 Å². The normalized spacial score (nSPS) is 12.0. The molecule has 0 spiro atoms. The Morgan fingerprint density at radius 3 is 2.24 bits per heavy atom. The maximum absolute atomic E-state index is 12.0. The monoisotopic (exact) mass is 332 g/mol. The van der Waals surface area contributed by atoms with Gasteiger partial charge in [0.2, 0.25) is 10.0 Å². The largest absolute Gasteiger partial charge is 0.304 e. The molecule has 0 saturated heterocycles. The fourth-order valence-corrected chi connectivity index (χ4v) is 3.28. The average molecular weight is 333 g/mol. The summed E-state index contributed by atoms with van der Waals surface area (Å²) in [6.07, 6.45) is 2.98. The number of hydrogen-bond acceptors (Lipinski definition) is 3. The van der Waals surface area contributed by atoms with E-state index in [-0.39, 0.29) is 4.90 Å². The van der Waals surface area contributed by atoms with Crippen LogP contribution in [0.4, 0.5) is 0 Å². The standard InChI is InChI=1S/C15H25ClN2O2S/c1-3-18(4-2)13-7-5-6-12-17-21(19,20)15-10-8-14(16)9-11-15/h8-11,17H,3-7,12-13H2,1-2H3. The topological polar surface area (TPSA) is 49.4 Å². The molecule has 21 heavy (non-hydrogen) atoms. The van der Waals surface area contributed by atoms with E-state index in [4.69, 9.17) is 11.6 Å². The summed E-state index contributed by atoms with van der Waals surface area (Å²) in [5.41, 5.74) is 0. The van der Waals surface area contributed by atoms with Crippen LogP contribution in [0, 0.1) is 0 Å². The van der Waals surface area contributed by atoms with Crippen LogP contribution in [0.2, 0.25) is 5.02 Å². The van der Waals surface area contributed by atoms with E-state index in [1.807, 2.05) is 0 Å². The molecule has 4 nitrogen and oxygen atoms in total. The van der Waals surface area contributed by atoms with Gasteiger partial charge in [0.05, 0.1) is 4.90 Å². The summed E-state index contributed by atoms with van der Waals surface area (Å²) in [4.78, 5) is 2.63. The molecule has 0 aliphatic rings. The maximum Gasteiger partial charge on any atom is 0.240 e. The average Bonchev–Trinajstić information content (AvgIpc) is 2.47. The summed E-state index contributed by atoms with van der Waals surface area (Å²) in [5, 5.41) is 0.533. The van der Waals surface area contributed by atoms with E-state index in [1.165, 1.54) is 12.1 Å². The summed E-state index contributed by atoms with van der Waals surface area (Å²) in [7, 11) is -3.41. The molecule has 1 aromatic carbocycles. The van der Waals surface area contributed by atoms with Crippen molar-refractivity contribution in [3.8, 4) is 0 Å². The molecule has 120 valence electrons. The van der Waals surface area contributed by atoms with Gasteiger partial charge in [-0.2, -0.15) is 0 Å². The maximum atomic E-state index is 12.0. The Hall–Kier alpha value is -0.620. The minimum atomic E-state index is -3.41. The van der Waals surface area contributed by atoms with Crippen molar-refractivity contribution in [1.82, 2.24) is 9.62 Å². The molecule has 0 aliphatic carbocycles. The predicted octanol–water partition coefficient (Wildman–Crippen LogP) is 3.13. The highest BCUT2D eigenvalue weighted by Crippen LogP contribution is 2.13. The molecule has 0 heterocycles. The molecule has 0 saturated carbocycles. The van der Waals surface area contributed by atoms with Crippen LogP contribution in [-0.4, -0.2) is 39.5 Å². The van der Waals surface area contributed by atoms with Crippen LogP contribution in [0.25, 0.3) is 0 Å². The predicted molar refractivity (Wildman–Crippen MR) is 88.3 cm³/mol. The number of sulfonamides is 1. The third-order valence-electron chi connectivity index (χ3n) is 3.46. The van der Waals surface area contributed by atoms with E-state index in [0.717, 1.165) is 38.9 Å². The highest BCUT2D eigenvalue weighted by atomic mass is 35.5. The Morgan fingerprint density at radius 1 is 1.05 bits per heavy atom. The minimum absolute atomic E-state index is 0.259. The van der Waals surface area contributed by atoms with Gasteiger partial charge in [0.25, 0.3) is 0 Å². The van der Waals surface area contributed by atoms with Crippen LogP contribution in [0.15, 0.2) is 29.2 Å². The second kappa shape index (κ2) is 9.41. The van der Waals surface area contributed by atoms with Crippen molar-refractivity contribution in [3.05, 3.63) is 29.3 Å². The van der Waals surface area contributed by atoms with Gasteiger partial charge in [-0.15, -0.1) is 0 Å². The Labute approximate surface area is 133 Å². The number of nitrogens with zero attached hydrogens (tertiary/aromatic N) is 1. The van der Waals surface area contributed by atoms with Crippen molar-refractivity contribution >= 4 is 21.6 Å². The Morgan fingerprint density at radius 2 is 1.67 bits per heavy atom. The van der Waals surface area contributed by atoms with Crippen molar-refractivity contribution in [3.63, 3.8) is 0 Å². The molecule has 1 aromatic rings. The molecule has 1 N–H and O–H groups in total. The minimum Gasteiger partial charge on any atom is -0.304 e. The second-order valence-electron chi connectivity index (χ2n) is 4.94. The van der Waals surface area contributed by atoms with E-state index >= 15 is 0 Å². The lowest BCUT2D eigenvalue weighted by Crippen LogP contribution is -2.26. The third kappa shape index (κ3) is 6.78. The lowest BCUT2D eigenvalue weighted by Gasteiger charge is -2.17. The van der Waals surface area contributed by atoms with E-state index < -0.39 is 10.0 Å². The lowest BCUT2D eigenvalue weighted by molar-refractivity contribution is 0.296. The van der Waals surface area contributed by atoms with E-state index in [2.05, 4.69) is 23.5 Å². The summed E-state index contributed by atoms with van der Waals surface area (Å²) in [5.74, 6) is 0. The highest BCUT2D eigenvalue weighted by molar-refractivity contribution is 7.89. The molecule has 1 rings (SSSR count). The summed E-state index contributed by atoms with van der Waals surface area (Å²) >= 11 is 5.75. The first-order valence-electron chi connectivity index (χ1n) is 7.47. The first-order chi connectivity index (χ1) is 9.99. The summed E-state index contributed by atoms with van der Waals surface area (Å²) in [6.45, 7) is 8.01. The van der Waals surface area contributed by atoms with Crippen molar-refractivity contribution in [2.75, 3.05) is 26.2 Å². The van der Waals surface area contributed by atoms with Gasteiger partial charge in [0.1, 0.15) is 0 Å². The van der Waals surface area contributed by atoms with Crippen molar-refractivity contribution in [2.45, 2.75) is 38.0 Å². The van der Waals surface area contributed by atoms with E-state index in [1.54, 1.807) is 12.1 Å². The van der Waals surface area contributed by atoms with Crippen molar-refractivity contribution in [1.29, 1.82) is 0 Å². The van der Waals surface area contributed by atoms with Gasteiger partial charge in [-0.05, 0) is 56.7 Å². The number of halogens is 1. The first kappa shape index (κ1) is 18.4. The zero-order valence-electron chi connectivity index (χ0n) is 12.8. The molecular formula is C15H25ClN2O2S. The van der Waals surface area contributed by atoms with Crippen LogP contribution >= 0.6 is 11.6 Å². The zero-order chi connectivity index (χ0) is 15.7. The fraction of sp³-hybridized carbons (Fsp3) is 0.600. The Balaban J connectivity index is 2.27. The summed E-state index contributed by atoms with van der Waals surface area (Å²) in [6, 6.07) is 6.20. The molecule has 6 heteroatoms. The number of unbranched alkanes of at least 4 members (excludes halogenated alkanes) is 2. The molecule has 0 radical (unpaired) electrons. The van der Waals surface area contributed by atoms with Crippen LogP contribution < -0.4 is 4.72 Å². The smallest absolute Gasteiger partial charge is 0.240 e. The number of hydrogen-bond donors (Lipinski definition) is 1. The van der Waals surface area contributed by atoms with E-state index in [9.17, 15) is 8.42 Å². The lowest BCUT2D eigenvalue weighted by atomic mass is 10.2. The van der Waals surface area contributed by atoms with Gasteiger partial charge < -0.3 is 4.90 Å². The van der Waals surface area contributed by atoms with Crippen molar-refractivity contribution < 1.29 is 8.42 Å². The van der Waals surface area contributed by atoms with E-state index in [0.29, 0.717) is 11.6 Å². The number of benzene rings is 1. The van der Waals surface area contributed by atoms with Gasteiger partial charge in [-0.1, -0.05) is 31.9 Å². The van der Waals surface area contributed by atoms with Crippen LogP contribution in [0.5, 0.6) is 0 Å². The zero-order valence-corrected chi connectivity index (χ0v) is 14.4. The summed E-state index contributed by atoms with van der Waals surface area (Å²) < 4.78 is 26.7. The molecule has 0 atom stereocenters. The molecular weight excluding hydrogens is 308 g/mol. The fourth-order valence-electron chi connectivity index (χ4n) is 2.08. The molecule has 0 aromatic heterocycles. The second-order valence-corrected chi connectivity index (χ2v) is 7.14. The molecule has 0 fully saturated rings. The van der Waals surface area contributed by atoms with Gasteiger partial charge in [0.15, 0.2) is 0 Å². The quantitative estimate of drug-likeness (QED) is 0.670. The van der Waals surface area contributed by atoms with Gasteiger partial charge in [-0.25, -0.2) is 13.1 Å². The first-order valence-corrected chi connectivity index (χ1v) is 9.33. The van der Waals surface area contributed by atoms with Gasteiger partial charge >= 0.3 is 0 Å². The molecule has 0 bridgehead atoms. The Kier molecular flexibility index (Phi) is 8.26. The molecule has 0 unspecified atom stereocenters.